The van der Waals surface area contributed by atoms with Gasteiger partial charge in [0.1, 0.15) is 0 Å². The number of carbonyl (C=O) groups excluding carboxylic acids is 2. The van der Waals surface area contributed by atoms with Crippen LogP contribution in [-0.4, -0.2) is 47.7 Å². The summed E-state index contributed by atoms with van der Waals surface area (Å²) in [6.45, 7) is 9.68. The zero-order valence-electron chi connectivity index (χ0n) is 12.7. The Bertz CT molecular complexity index is 292. The van der Waals surface area contributed by atoms with Crippen molar-refractivity contribution in [3.8, 4) is 0 Å². The van der Waals surface area contributed by atoms with Crippen LogP contribution < -0.4 is 0 Å². The molecule has 0 saturated heterocycles. The number of hydrogen-bond acceptors (Lipinski definition) is 4. The van der Waals surface area contributed by atoms with E-state index in [0.717, 1.165) is 0 Å². The maximum absolute atomic E-state index is 12.4. The molecule has 0 spiro atoms. The first-order chi connectivity index (χ1) is 8.77. The van der Waals surface area contributed by atoms with Gasteiger partial charge in [0.05, 0.1) is 25.7 Å². The third-order valence-electron chi connectivity index (χ3n) is 2.89. The molecule has 5 nitrogen and oxygen atoms in total. The van der Waals surface area contributed by atoms with Crippen LogP contribution in [0.2, 0.25) is 0 Å². The Hall–Kier alpha value is -1.10. The van der Waals surface area contributed by atoms with Gasteiger partial charge in [0, 0.05) is 12.0 Å². The number of aliphatic hydroxyl groups is 1. The lowest BCUT2D eigenvalue weighted by atomic mass is 9.93. The molecule has 0 heterocycles. The summed E-state index contributed by atoms with van der Waals surface area (Å²) in [5.74, 6) is -0.375. The second-order valence-corrected chi connectivity index (χ2v) is 5.55. The minimum Gasteiger partial charge on any atom is -0.466 e. The van der Waals surface area contributed by atoms with Crippen molar-refractivity contribution in [2.75, 3.05) is 19.8 Å². The lowest BCUT2D eigenvalue weighted by Crippen LogP contribution is -2.48. The molecule has 1 amide bonds. The molecule has 19 heavy (non-hydrogen) atoms. The van der Waals surface area contributed by atoms with E-state index in [0.29, 0.717) is 13.0 Å². The van der Waals surface area contributed by atoms with Crippen molar-refractivity contribution >= 4 is 11.9 Å². The topological polar surface area (TPSA) is 66.8 Å². The summed E-state index contributed by atoms with van der Waals surface area (Å²) in [4.78, 5) is 25.3. The van der Waals surface area contributed by atoms with Crippen molar-refractivity contribution in [2.45, 2.75) is 53.5 Å². The highest BCUT2D eigenvalue weighted by Crippen LogP contribution is 2.20. The van der Waals surface area contributed by atoms with E-state index in [4.69, 9.17) is 4.74 Å². The van der Waals surface area contributed by atoms with Crippen LogP contribution in [-0.2, 0) is 14.3 Å². The fraction of sp³-hybridized carbons (Fsp3) is 0.857. The highest BCUT2D eigenvalue weighted by molar-refractivity contribution is 5.82. The molecule has 1 unspecified atom stereocenters. The third-order valence-corrected chi connectivity index (χ3v) is 2.89. The van der Waals surface area contributed by atoms with Gasteiger partial charge in [-0.3, -0.25) is 9.59 Å². The van der Waals surface area contributed by atoms with Gasteiger partial charge >= 0.3 is 5.97 Å². The highest BCUT2D eigenvalue weighted by Gasteiger charge is 2.31. The van der Waals surface area contributed by atoms with Crippen molar-refractivity contribution in [1.82, 2.24) is 4.90 Å². The third kappa shape index (κ3) is 6.05. The molecule has 0 fully saturated rings. The minimum atomic E-state index is -0.531. The molecular formula is C14H27NO4. The Kier molecular flexibility index (Phi) is 7.68. The van der Waals surface area contributed by atoms with Crippen molar-refractivity contribution in [1.29, 1.82) is 0 Å². The van der Waals surface area contributed by atoms with E-state index >= 15 is 0 Å². The smallest absolute Gasteiger partial charge is 0.307 e. The molecule has 5 heteroatoms. The lowest BCUT2D eigenvalue weighted by Gasteiger charge is -2.34. The lowest BCUT2D eigenvalue weighted by molar-refractivity contribution is -0.147. The average molecular weight is 273 g/mol. The van der Waals surface area contributed by atoms with Crippen LogP contribution in [0.5, 0.6) is 0 Å². The fourth-order valence-electron chi connectivity index (χ4n) is 1.77. The molecule has 0 aliphatic rings. The Morgan fingerprint density at radius 2 is 1.84 bits per heavy atom. The van der Waals surface area contributed by atoms with Crippen molar-refractivity contribution < 1.29 is 19.4 Å². The van der Waals surface area contributed by atoms with Gasteiger partial charge in [-0.15, -0.1) is 0 Å². The normalized spacial score (nSPS) is 12.9. The number of hydrogen-bond donors (Lipinski definition) is 1. The first-order valence-electron chi connectivity index (χ1n) is 6.85. The maximum Gasteiger partial charge on any atom is 0.307 e. The summed E-state index contributed by atoms with van der Waals surface area (Å²) in [6, 6.07) is -0.249. The number of carbonyl (C=O) groups is 2. The summed E-state index contributed by atoms with van der Waals surface area (Å²) in [6.07, 6.45) is 0.813. The number of nitrogens with zero attached hydrogens (tertiary/aromatic N) is 1. The molecule has 0 saturated carbocycles. The molecule has 0 aromatic carbocycles. The molecule has 0 radical (unpaired) electrons. The highest BCUT2D eigenvalue weighted by atomic mass is 16.5. The molecule has 0 aliphatic carbocycles. The number of esters is 1. The Balaban J connectivity index is 4.78. The predicted octanol–water partition coefficient (Wildman–Crippen LogP) is 1.59. The Morgan fingerprint density at radius 3 is 2.21 bits per heavy atom. The molecule has 0 aromatic heterocycles. The molecule has 0 rings (SSSR count). The van der Waals surface area contributed by atoms with Crippen LogP contribution in [0.4, 0.5) is 0 Å². The zero-order valence-corrected chi connectivity index (χ0v) is 12.7. The number of ether oxygens (including phenoxy) is 1. The monoisotopic (exact) mass is 273 g/mol. The molecular weight excluding hydrogens is 246 g/mol. The predicted molar refractivity (Wildman–Crippen MR) is 73.6 cm³/mol. The van der Waals surface area contributed by atoms with Gasteiger partial charge in [-0.25, -0.2) is 0 Å². The van der Waals surface area contributed by atoms with Gasteiger partial charge in [-0.1, -0.05) is 27.7 Å². The summed E-state index contributed by atoms with van der Waals surface area (Å²) in [5, 5.41) is 9.37. The number of rotatable bonds is 7. The van der Waals surface area contributed by atoms with Crippen LogP contribution in [0.25, 0.3) is 0 Å². The average Bonchev–Trinajstić information content (AvgIpc) is 2.32. The first kappa shape index (κ1) is 17.9. The van der Waals surface area contributed by atoms with E-state index in [1.54, 1.807) is 11.8 Å². The molecule has 112 valence electrons. The second-order valence-electron chi connectivity index (χ2n) is 5.55. The van der Waals surface area contributed by atoms with Gasteiger partial charge in [0.25, 0.3) is 0 Å². The Morgan fingerprint density at radius 1 is 1.26 bits per heavy atom. The summed E-state index contributed by atoms with van der Waals surface area (Å²) < 4.78 is 4.87. The molecule has 0 aromatic rings. The van der Waals surface area contributed by atoms with E-state index in [2.05, 4.69) is 0 Å². The Labute approximate surface area is 115 Å². The van der Waals surface area contributed by atoms with Crippen LogP contribution >= 0.6 is 0 Å². The standard InChI is InChI=1S/C14H27NO4/c1-6-11(10-16)15(13(18)14(3,4)5)9-8-12(17)19-7-2/h11,16H,6-10H2,1-5H3. The quantitative estimate of drug-likeness (QED) is 0.715. The van der Waals surface area contributed by atoms with Crippen molar-refractivity contribution in [3.05, 3.63) is 0 Å². The van der Waals surface area contributed by atoms with E-state index in [9.17, 15) is 14.7 Å². The van der Waals surface area contributed by atoms with E-state index in [1.165, 1.54) is 0 Å². The van der Waals surface area contributed by atoms with Gasteiger partial charge in [0.2, 0.25) is 5.91 Å². The zero-order chi connectivity index (χ0) is 15.1. The molecule has 0 bridgehead atoms. The number of aliphatic hydroxyl groups excluding tert-OH is 1. The van der Waals surface area contributed by atoms with E-state index < -0.39 is 5.41 Å². The molecule has 1 atom stereocenters. The van der Waals surface area contributed by atoms with E-state index in [-0.39, 0.29) is 37.5 Å². The summed E-state index contributed by atoms with van der Waals surface area (Å²) >= 11 is 0. The first-order valence-corrected chi connectivity index (χ1v) is 6.85. The number of amides is 1. The van der Waals surface area contributed by atoms with Gasteiger partial charge in [-0.2, -0.15) is 0 Å². The second kappa shape index (κ2) is 8.15. The SMILES string of the molecule is CCOC(=O)CCN(C(=O)C(C)(C)C)C(CC)CO. The van der Waals surface area contributed by atoms with Gasteiger partial charge in [0.15, 0.2) is 0 Å². The van der Waals surface area contributed by atoms with E-state index in [1.807, 2.05) is 27.7 Å². The van der Waals surface area contributed by atoms with Gasteiger partial charge in [-0.05, 0) is 13.3 Å². The maximum atomic E-state index is 12.4. The van der Waals surface area contributed by atoms with Crippen LogP contribution in [0.1, 0.15) is 47.5 Å². The molecule has 1 N–H and O–H groups in total. The van der Waals surface area contributed by atoms with Crippen LogP contribution in [0.3, 0.4) is 0 Å². The van der Waals surface area contributed by atoms with Crippen molar-refractivity contribution in [3.63, 3.8) is 0 Å². The van der Waals surface area contributed by atoms with Gasteiger partial charge < -0.3 is 14.7 Å². The summed E-state index contributed by atoms with van der Waals surface area (Å²) in [5.41, 5.74) is -0.531. The van der Waals surface area contributed by atoms with Crippen LogP contribution in [0, 0.1) is 5.41 Å². The molecule has 0 aliphatic heterocycles. The van der Waals surface area contributed by atoms with Crippen LogP contribution in [0.15, 0.2) is 0 Å². The minimum absolute atomic E-state index is 0.0577. The largest absolute Gasteiger partial charge is 0.466 e. The fourth-order valence-corrected chi connectivity index (χ4v) is 1.77. The van der Waals surface area contributed by atoms with Crippen molar-refractivity contribution in [2.24, 2.45) is 5.41 Å². The summed E-state index contributed by atoms with van der Waals surface area (Å²) in [7, 11) is 0.